The van der Waals surface area contributed by atoms with Crippen LogP contribution in [-0.2, 0) is 13.0 Å². The number of aromatic nitrogens is 3. The van der Waals surface area contributed by atoms with Gasteiger partial charge < -0.3 is 10.2 Å². The van der Waals surface area contributed by atoms with Gasteiger partial charge in [0, 0.05) is 32.2 Å². The van der Waals surface area contributed by atoms with Crippen LogP contribution in [0.25, 0.3) is 0 Å². The van der Waals surface area contributed by atoms with Crippen LogP contribution in [-0.4, -0.2) is 35.6 Å². The fourth-order valence-electron chi connectivity index (χ4n) is 1.80. The van der Waals surface area contributed by atoms with Gasteiger partial charge in [-0.25, -0.2) is 9.97 Å². The first-order chi connectivity index (χ1) is 9.29. The van der Waals surface area contributed by atoms with Crippen LogP contribution in [0.15, 0.2) is 36.8 Å². The maximum absolute atomic E-state index is 4.51. The molecule has 0 fully saturated rings. The van der Waals surface area contributed by atoms with Gasteiger partial charge in [0.25, 0.3) is 0 Å². The zero-order chi connectivity index (χ0) is 13.5. The minimum absolute atomic E-state index is 0.685. The molecule has 0 atom stereocenters. The fourth-order valence-corrected chi connectivity index (χ4v) is 1.80. The molecule has 0 saturated heterocycles. The van der Waals surface area contributed by atoms with E-state index < -0.39 is 0 Å². The predicted molar refractivity (Wildman–Crippen MR) is 76.0 cm³/mol. The molecule has 2 aromatic heterocycles. The van der Waals surface area contributed by atoms with Gasteiger partial charge in [0.05, 0.1) is 6.54 Å². The van der Waals surface area contributed by atoms with Crippen molar-refractivity contribution in [2.24, 2.45) is 0 Å². The van der Waals surface area contributed by atoms with Gasteiger partial charge in [0.1, 0.15) is 11.6 Å². The average Bonchev–Trinajstić information content (AvgIpc) is 2.46. The smallest absolute Gasteiger partial charge is 0.144 e. The molecule has 2 aromatic rings. The van der Waals surface area contributed by atoms with E-state index in [1.807, 2.05) is 32.4 Å². The Bertz CT molecular complexity index is 500. The Morgan fingerprint density at radius 3 is 2.89 bits per heavy atom. The van der Waals surface area contributed by atoms with E-state index >= 15 is 0 Å². The first-order valence-corrected chi connectivity index (χ1v) is 6.36. The van der Waals surface area contributed by atoms with Crippen LogP contribution >= 0.6 is 0 Å². The SMILES string of the molecule is CNCc1nccc(N(C)CCc2cccnc2)n1. The second kappa shape index (κ2) is 6.80. The number of nitrogens with zero attached hydrogens (tertiary/aromatic N) is 4. The quantitative estimate of drug-likeness (QED) is 0.844. The lowest BCUT2D eigenvalue weighted by Gasteiger charge is -2.18. The lowest BCUT2D eigenvalue weighted by atomic mass is 10.2. The van der Waals surface area contributed by atoms with Gasteiger partial charge in [-0.3, -0.25) is 4.98 Å². The largest absolute Gasteiger partial charge is 0.359 e. The normalized spacial score (nSPS) is 10.4. The Labute approximate surface area is 113 Å². The second-order valence-electron chi connectivity index (χ2n) is 4.39. The highest BCUT2D eigenvalue weighted by Crippen LogP contribution is 2.09. The maximum atomic E-state index is 4.51. The molecule has 0 aliphatic rings. The van der Waals surface area contributed by atoms with Crippen LogP contribution in [0.2, 0.25) is 0 Å². The van der Waals surface area contributed by atoms with Crippen molar-refractivity contribution in [3.63, 3.8) is 0 Å². The van der Waals surface area contributed by atoms with Gasteiger partial charge in [-0.05, 0) is 31.2 Å². The lowest BCUT2D eigenvalue weighted by molar-refractivity contribution is 0.749. The number of nitrogens with one attached hydrogen (secondary N) is 1. The zero-order valence-corrected chi connectivity index (χ0v) is 11.4. The van der Waals surface area contributed by atoms with Crippen LogP contribution < -0.4 is 10.2 Å². The molecular formula is C14H19N5. The maximum Gasteiger partial charge on any atom is 0.144 e. The van der Waals surface area contributed by atoms with Crippen LogP contribution in [0.3, 0.4) is 0 Å². The molecule has 5 nitrogen and oxygen atoms in total. The van der Waals surface area contributed by atoms with E-state index in [2.05, 4.69) is 31.2 Å². The Kier molecular flexibility index (Phi) is 4.80. The number of anilines is 1. The molecule has 2 rings (SSSR count). The highest BCUT2D eigenvalue weighted by atomic mass is 15.2. The first-order valence-electron chi connectivity index (χ1n) is 6.36. The molecule has 2 heterocycles. The minimum Gasteiger partial charge on any atom is -0.359 e. The van der Waals surface area contributed by atoms with Gasteiger partial charge in [0.15, 0.2) is 0 Å². The number of pyridine rings is 1. The molecule has 100 valence electrons. The Balaban J connectivity index is 1.95. The minimum atomic E-state index is 0.685. The molecule has 0 unspecified atom stereocenters. The van der Waals surface area contributed by atoms with Crippen molar-refractivity contribution >= 4 is 5.82 Å². The molecule has 0 aliphatic heterocycles. The zero-order valence-electron chi connectivity index (χ0n) is 11.4. The Hall–Kier alpha value is -2.01. The van der Waals surface area contributed by atoms with Crippen molar-refractivity contribution < 1.29 is 0 Å². The summed E-state index contributed by atoms with van der Waals surface area (Å²) < 4.78 is 0. The molecule has 0 bridgehead atoms. The first kappa shape index (κ1) is 13.4. The van der Waals surface area contributed by atoms with Gasteiger partial charge in [-0.15, -0.1) is 0 Å². The topological polar surface area (TPSA) is 53.9 Å². The summed E-state index contributed by atoms with van der Waals surface area (Å²) in [5, 5.41) is 3.06. The van der Waals surface area contributed by atoms with Crippen LogP contribution in [0.4, 0.5) is 5.82 Å². The summed E-state index contributed by atoms with van der Waals surface area (Å²) in [5.74, 6) is 1.76. The third kappa shape index (κ3) is 3.99. The van der Waals surface area contributed by atoms with Crippen molar-refractivity contribution in [1.29, 1.82) is 0 Å². The Morgan fingerprint density at radius 2 is 2.16 bits per heavy atom. The predicted octanol–water partition coefficient (Wildman–Crippen LogP) is 1.27. The van der Waals surface area contributed by atoms with Gasteiger partial charge >= 0.3 is 0 Å². The van der Waals surface area contributed by atoms with E-state index in [0.29, 0.717) is 6.54 Å². The number of rotatable bonds is 6. The van der Waals surface area contributed by atoms with E-state index in [0.717, 1.165) is 24.6 Å². The summed E-state index contributed by atoms with van der Waals surface area (Å²) in [6.07, 6.45) is 6.45. The summed E-state index contributed by atoms with van der Waals surface area (Å²) in [4.78, 5) is 15.0. The van der Waals surface area contributed by atoms with E-state index in [1.165, 1.54) is 5.56 Å². The lowest BCUT2D eigenvalue weighted by Crippen LogP contribution is -2.22. The van der Waals surface area contributed by atoms with E-state index in [1.54, 1.807) is 12.4 Å². The Morgan fingerprint density at radius 1 is 1.26 bits per heavy atom. The van der Waals surface area contributed by atoms with E-state index in [4.69, 9.17) is 0 Å². The third-order valence-corrected chi connectivity index (χ3v) is 2.88. The molecule has 5 heteroatoms. The van der Waals surface area contributed by atoms with Gasteiger partial charge in [0.2, 0.25) is 0 Å². The van der Waals surface area contributed by atoms with E-state index in [-0.39, 0.29) is 0 Å². The van der Waals surface area contributed by atoms with Gasteiger partial charge in [-0.1, -0.05) is 6.07 Å². The average molecular weight is 257 g/mol. The number of hydrogen-bond acceptors (Lipinski definition) is 5. The van der Waals surface area contributed by atoms with Crippen LogP contribution in [0.1, 0.15) is 11.4 Å². The molecule has 0 amide bonds. The highest BCUT2D eigenvalue weighted by molar-refractivity contribution is 5.36. The summed E-state index contributed by atoms with van der Waals surface area (Å²) in [5.41, 5.74) is 1.24. The molecule has 0 saturated carbocycles. The molecule has 1 N–H and O–H groups in total. The van der Waals surface area contributed by atoms with Gasteiger partial charge in [-0.2, -0.15) is 0 Å². The second-order valence-corrected chi connectivity index (χ2v) is 4.39. The van der Waals surface area contributed by atoms with Crippen LogP contribution in [0.5, 0.6) is 0 Å². The summed E-state index contributed by atoms with van der Waals surface area (Å²) in [6.45, 7) is 1.59. The van der Waals surface area contributed by atoms with Crippen molar-refractivity contribution in [2.45, 2.75) is 13.0 Å². The summed E-state index contributed by atoms with van der Waals surface area (Å²) >= 11 is 0. The molecule has 0 aliphatic carbocycles. The molecule has 0 spiro atoms. The number of hydrogen-bond donors (Lipinski definition) is 1. The molecular weight excluding hydrogens is 238 g/mol. The fraction of sp³-hybridized carbons (Fsp3) is 0.357. The third-order valence-electron chi connectivity index (χ3n) is 2.88. The molecule has 0 radical (unpaired) electrons. The van der Waals surface area contributed by atoms with Crippen molar-refractivity contribution in [3.05, 3.63) is 48.2 Å². The summed E-state index contributed by atoms with van der Waals surface area (Å²) in [7, 11) is 3.93. The molecule has 19 heavy (non-hydrogen) atoms. The van der Waals surface area contributed by atoms with E-state index in [9.17, 15) is 0 Å². The van der Waals surface area contributed by atoms with Crippen molar-refractivity contribution in [2.75, 3.05) is 25.5 Å². The van der Waals surface area contributed by atoms with Crippen molar-refractivity contribution in [1.82, 2.24) is 20.3 Å². The monoisotopic (exact) mass is 257 g/mol. The van der Waals surface area contributed by atoms with Crippen molar-refractivity contribution in [3.8, 4) is 0 Å². The number of likely N-dealkylation sites (N-methyl/N-ethyl adjacent to an activating group) is 1. The van der Waals surface area contributed by atoms with Crippen LogP contribution in [0, 0.1) is 0 Å². The summed E-state index contributed by atoms with van der Waals surface area (Å²) in [6, 6.07) is 5.99. The highest BCUT2D eigenvalue weighted by Gasteiger charge is 2.04. The standard InChI is InChI=1S/C14H19N5/c1-15-11-13-17-8-5-14(18-13)19(2)9-6-12-4-3-7-16-10-12/h3-5,7-8,10,15H,6,9,11H2,1-2H3. The molecule has 0 aromatic carbocycles.